The zero-order valence-corrected chi connectivity index (χ0v) is 8.46. The van der Waals surface area contributed by atoms with Crippen molar-refractivity contribution >= 4 is 10.9 Å². The van der Waals surface area contributed by atoms with Gasteiger partial charge >= 0.3 is 0 Å². The van der Waals surface area contributed by atoms with E-state index in [4.69, 9.17) is 0 Å². The zero-order chi connectivity index (χ0) is 10.3. The average Bonchev–Trinajstić information content (AvgIpc) is 2.85. The third-order valence-corrected chi connectivity index (χ3v) is 3.21. The van der Waals surface area contributed by atoms with Gasteiger partial charge in [-0.3, -0.25) is 0 Å². The van der Waals surface area contributed by atoms with Crippen LogP contribution in [0.15, 0.2) is 24.4 Å². The zero-order valence-electron chi connectivity index (χ0n) is 8.46. The van der Waals surface area contributed by atoms with Gasteiger partial charge in [-0.2, -0.15) is 0 Å². The van der Waals surface area contributed by atoms with Crippen molar-refractivity contribution < 1.29 is 5.11 Å². The molecule has 78 valence electrons. The number of aromatic hydroxyl groups is 1. The van der Waals surface area contributed by atoms with Gasteiger partial charge in [0.05, 0.1) is 0 Å². The van der Waals surface area contributed by atoms with E-state index in [1.165, 1.54) is 5.56 Å². The Morgan fingerprint density at radius 1 is 1.33 bits per heavy atom. The van der Waals surface area contributed by atoms with Gasteiger partial charge in [0.2, 0.25) is 0 Å². The van der Waals surface area contributed by atoms with E-state index in [0.717, 1.165) is 30.4 Å². The number of rotatable bonds is 1. The van der Waals surface area contributed by atoms with Crippen LogP contribution in [0.25, 0.3) is 10.9 Å². The van der Waals surface area contributed by atoms with E-state index in [0.29, 0.717) is 11.7 Å². The molecule has 1 unspecified atom stereocenters. The number of fused-ring (bicyclic) bond motifs is 1. The summed E-state index contributed by atoms with van der Waals surface area (Å²) >= 11 is 0. The second kappa shape index (κ2) is 3.28. The summed E-state index contributed by atoms with van der Waals surface area (Å²) in [6.45, 7) is 2.09. The van der Waals surface area contributed by atoms with Crippen molar-refractivity contribution in [2.24, 2.45) is 0 Å². The number of aromatic nitrogens is 1. The molecular weight excluding hydrogens is 188 g/mol. The number of H-pyrrole nitrogens is 1. The van der Waals surface area contributed by atoms with Gasteiger partial charge in [-0.1, -0.05) is 6.07 Å². The van der Waals surface area contributed by atoms with Crippen LogP contribution in [0.3, 0.4) is 0 Å². The van der Waals surface area contributed by atoms with Crippen LogP contribution in [0.1, 0.15) is 17.9 Å². The lowest BCUT2D eigenvalue weighted by Gasteiger charge is -2.07. The number of aromatic amines is 1. The van der Waals surface area contributed by atoms with Crippen molar-refractivity contribution in [3.05, 3.63) is 30.0 Å². The fourth-order valence-electron chi connectivity index (χ4n) is 2.43. The molecule has 1 aliphatic rings. The maximum absolute atomic E-state index is 9.86. The van der Waals surface area contributed by atoms with E-state index in [1.807, 2.05) is 18.3 Å². The van der Waals surface area contributed by atoms with Crippen LogP contribution in [-0.2, 0) is 0 Å². The van der Waals surface area contributed by atoms with Crippen molar-refractivity contribution in [2.75, 3.05) is 13.1 Å². The van der Waals surface area contributed by atoms with Crippen molar-refractivity contribution in [1.82, 2.24) is 10.3 Å². The van der Waals surface area contributed by atoms with E-state index in [1.54, 1.807) is 6.07 Å². The maximum atomic E-state index is 9.86. The number of phenolic OH excluding ortho intramolecular Hbond substituents is 1. The normalized spacial score (nSPS) is 21.2. The summed E-state index contributed by atoms with van der Waals surface area (Å²) in [5.41, 5.74) is 2.27. The molecule has 3 rings (SSSR count). The second-order valence-electron chi connectivity index (χ2n) is 4.13. The molecule has 0 bridgehead atoms. The Labute approximate surface area is 88.1 Å². The highest BCUT2D eigenvalue weighted by atomic mass is 16.3. The van der Waals surface area contributed by atoms with E-state index in [2.05, 4.69) is 10.3 Å². The molecule has 2 aromatic rings. The van der Waals surface area contributed by atoms with Gasteiger partial charge in [-0.15, -0.1) is 0 Å². The molecular formula is C12H14N2O. The summed E-state index contributed by atoms with van der Waals surface area (Å²) in [6.07, 6.45) is 3.18. The Bertz CT molecular complexity index is 483. The SMILES string of the molecule is Oc1cccc2[nH]cc(C3CCNC3)c12. The first-order valence-corrected chi connectivity index (χ1v) is 5.36. The van der Waals surface area contributed by atoms with Crippen LogP contribution < -0.4 is 5.32 Å². The Balaban J connectivity index is 2.18. The highest BCUT2D eigenvalue weighted by molar-refractivity contribution is 5.89. The largest absolute Gasteiger partial charge is 0.507 e. The molecule has 1 atom stereocenters. The van der Waals surface area contributed by atoms with Crippen molar-refractivity contribution in [3.8, 4) is 5.75 Å². The number of nitrogens with one attached hydrogen (secondary N) is 2. The lowest BCUT2D eigenvalue weighted by molar-refractivity contribution is 0.481. The molecule has 0 saturated carbocycles. The first kappa shape index (κ1) is 8.80. The van der Waals surface area contributed by atoms with Crippen LogP contribution in [0.4, 0.5) is 0 Å². The lowest BCUT2D eigenvalue weighted by atomic mass is 9.97. The predicted octanol–water partition coefficient (Wildman–Crippen LogP) is 1.95. The molecule has 3 N–H and O–H groups in total. The fraction of sp³-hybridized carbons (Fsp3) is 0.333. The molecule has 15 heavy (non-hydrogen) atoms. The minimum absolute atomic E-state index is 0.385. The Hall–Kier alpha value is -1.48. The van der Waals surface area contributed by atoms with Crippen molar-refractivity contribution in [2.45, 2.75) is 12.3 Å². The molecule has 3 heteroatoms. The van der Waals surface area contributed by atoms with Crippen LogP contribution in [-0.4, -0.2) is 23.2 Å². The van der Waals surface area contributed by atoms with Gasteiger partial charge in [-0.05, 0) is 36.6 Å². The molecule has 1 aromatic carbocycles. The minimum atomic E-state index is 0.385. The molecule has 3 nitrogen and oxygen atoms in total. The van der Waals surface area contributed by atoms with Gasteiger partial charge in [0.1, 0.15) is 5.75 Å². The summed E-state index contributed by atoms with van der Waals surface area (Å²) in [5.74, 6) is 0.919. The van der Waals surface area contributed by atoms with Crippen LogP contribution in [0.2, 0.25) is 0 Å². The molecule has 1 aromatic heterocycles. The van der Waals surface area contributed by atoms with Crippen LogP contribution >= 0.6 is 0 Å². The molecule has 0 aliphatic carbocycles. The summed E-state index contributed by atoms with van der Waals surface area (Å²) in [7, 11) is 0. The standard InChI is InChI=1S/C12H14N2O/c15-11-3-1-2-10-12(11)9(7-14-10)8-4-5-13-6-8/h1-3,7-8,13-15H,4-6H2. The Morgan fingerprint density at radius 3 is 3.07 bits per heavy atom. The van der Waals surface area contributed by atoms with Crippen LogP contribution in [0, 0.1) is 0 Å². The van der Waals surface area contributed by atoms with E-state index < -0.39 is 0 Å². The van der Waals surface area contributed by atoms with E-state index >= 15 is 0 Å². The minimum Gasteiger partial charge on any atom is -0.507 e. The van der Waals surface area contributed by atoms with Gasteiger partial charge in [0.25, 0.3) is 0 Å². The summed E-state index contributed by atoms with van der Waals surface area (Å²) < 4.78 is 0. The molecule has 1 saturated heterocycles. The predicted molar refractivity (Wildman–Crippen MR) is 60.2 cm³/mol. The van der Waals surface area contributed by atoms with Crippen LogP contribution in [0.5, 0.6) is 5.75 Å². The molecule has 2 heterocycles. The highest BCUT2D eigenvalue weighted by Gasteiger charge is 2.20. The number of hydrogen-bond donors (Lipinski definition) is 3. The average molecular weight is 202 g/mol. The topological polar surface area (TPSA) is 48.0 Å². The highest BCUT2D eigenvalue weighted by Crippen LogP contribution is 2.34. The summed E-state index contributed by atoms with van der Waals surface area (Å²) in [6, 6.07) is 5.62. The third-order valence-electron chi connectivity index (χ3n) is 3.21. The molecule has 1 aliphatic heterocycles. The molecule has 1 fully saturated rings. The summed E-state index contributed by atoms with van der Waals surface area (Å²) in [5, 5.41) is 14.2. The second-order valence-corrected chi connectivity index (χ2v) is 4.13. The smallest absolute Gasteiger partial charge is 0.125 e. The number of phenols is 1. The van der Waals surface area contributed by atoms with Crippen molar-refractivity contribution in [1.29, 1.82) is 0 Å². The first-order valence-electron chi connectivity index (χ1n) is 5.36. The third kappa shape index (κ3) is 1.31. The monoisotopic (exact) mass is 202 g/mol. The fourth-order valence-corrected chi connectivity index (χ4v) is 2.43. The van der Waals surface area contributed by atoms with E-state index in [-0.39, 0.29) is 0 Å². The van der Waals surface area contributed by atoms with Crippen molar-refractivity contribution in [3.63, 3.8) is 0 Å². The van der Waals surface area contributed by atoms with Gasteiger partial charge in [0.15, 0.2) is 0 Å². The number of benzene rings is 1. The first-order chi connectivity index (χ1) is 7.36. The molecule has 0 spiro atoms. The Morgan fingerprint density at radius 2 is 2.27 bits per heavy atom. The van der Waals surface area contributed by atoms with Gasteiger partial charge < -0.3 is 15.4 Å². The quantitative estimate of drug-likeness (QED) is 0.662. The van der Waals surface area contributed by atoms with E-state index in [9.17, 15) is 5.11 Å². The van der Waals surface area contributed by atoms with Gasteiger partial charge in [0, 0.05) is 23.6 Å². The Kier molecular flexibility index (Phi) is 1.92. The number of hydrogen-bond acceptors (Lipinski definition) is 2. The maximum Gasteiger partial charge on any atom is 0.125 e. The molecule has 0 radical (unpaired) electrons. The molecule has 0 amide bonds. The summed E-state index contributed by atoms with van der Waals surface area (Å²) in [4.78, 5) is 3.22. The lowest BCUT2D eigenvalue weighted by Crippen LogP contribution is -2.07. The van der Waals surface area contributed by atoms with Gasteiger partial charge in [-0.25, -0.2) is 0 Å².